The Morgan fingerprint density at radius 3 is 2.03 bits per heavy atom. The van der Waals surface area contributed by atoms with Crippen molar-refractivity contribution in [2.45, 2.75) is 18.9 Å². The molecule has 0 saturated carbocycles. The second kappa shape index (κ2) is 8.82. The van der Waals surface area contributed by atoms with E-state index in [4.69, 9.17) is 14.5 Å². The zero-order chi connectivity index (χ0) is 22.8. The largest absolute Gasteiger partial charge is 0.497 e. The predicted octanol–water partition coefficient (Wildman–Crippen LogP) is 4.44. The molecule has 166 valence electrons. The van der Waals surface area contributed by atoms with Crippen molar-refractivity contribution in [2.75, 3.05) is 14.2 Å². The normalized spacial score (nSPS) is 13.4. The van der Waals surface area contributed by atoms with Crippen LogP contribution >= 0.6 is 0 Å². The van der Waals surface area contributed by atoms with Crippen molar-refractivity contribution >= 4 is 6.21 Å². The van der Waals surface area contributed by atoms with Gasteiger partial charge in [-0.2, -0.15) is 0 Å². The number of ether oxygens (including phenoxy) is 2. The first kappa shape index (κ1) is 20.8. The number of aromatic nitrogens is 2. The number of hydrogen-bond donors (Lipinski definition) is 1. The van der Waals surface area contributed by atoms with E-state index in [0.29, 0.717) is 5.56 Å². The number of fused-ring (bicyclic) bond motifs is 1. The van der Waals surface area contributed by atoms with Crippen LogP contribution in [-0.4, -0.2) is 36.3 Å². The molecule has 6 heteroatoms. The average Bonchev–Trinajstić information content (AvgIpc) is 3.43. The lowest BCUT2D eigenvalue weighted by atomic mass is 10.1. The Hall–Kier alpha value is -4.06. The summed E-state index contributed by atoms with van der Waals surface area (Å²) in [7, 11) is 3.25. The van der Waals surface area contributed by atoms with Crippen LogP contribution in [0, 0.1) is 0 Å². The Balaban J connectivity index is 1.54. The quantitative estimate of drug-likeness (QED) is 0.452. The minimum atomic E-state index is -0.148. The summed E-state index contributed by atoms with van der Waals surface area (Å²) >= 11 is 0. The molecule has 1 heterocycles. The van der Waals surface area contributed by atoms with Crippen LogP contribution in [0.2, 0.25) is 0 Å². The maximum absolute atomic E-state index is 13.4. The lowest BCUT2D eigenvalue weighted by Crippen LogP contribution is -2.17. The topological polar surface area (TPSA) is 68.6 Å². The molecule has 1 aromatic heterocycles. The molecular formula is C27H25N3O3. The van der Waals surface area contributed by atoms with E-state index in [0.717, 1.165) is 41.3 Å². The molecule has 6 nitrogen and oxygen atoms in total. The van der Waals surface area contributed by atoms with Gasteiger partial charge in [0.2, 0.25) is 0 Å². The van der Waals surface area contributed by atoms with Crippen LogP contribution in [0.25, 0.3) is 16.9 Å². The fourth-order valence-corrected chi connectivity index (χ4v) is 4.28. The molecule has 0 amide bonds. The fourth-order valence-electron chi connectivity index (χ4n) is 4.28. The highest BCUT2D eigenvalue weighted by Gasteiger charge is 2.21. The molecule has 5 rings (SSSR count). The first-order valence-corrected chi connectivity index (χ1v) is 10.9. The minimum absolute atomic E-state index is 0.134. The molecule has 1 aliphatic rings. The minimum Gasteiger partial charge on any atom is -0.497 e. The number of aliphatic imine (C=N–C) groups is 1. The molecule has 0 unspecified atom stereocenters. The number of rotatable bonds is 6. The van der Waals surface area contributed by atoms with Crippen LogP contribution in [0.3, 0.4) is 0 Å². The Morgan fingerprint density at radius 1 is 0.879 bits per heavy atom. The lowest BCUT2D eigenvalue weighted by Gasteiger charge is -2.05. The monoisotopic (exact) mass is 439 g/mol. The van der Waals surface area contributed by atoms with Crippen LogP contribution in [0.1, 0.15) is 16.7 Å². The van der Waals surface area contributed by atoms with Crippen LogP contribution in [-0.2, 0) is 12.8 Å². The van der Waals surface area contributed by atoms with E-state index in [2.05, 4.69) is 29.4 Å². The smallest absolute Gasteiger partial charge is 0.280 e. The zero-order valence-electron chi connectivity index (χ0n) is 18.6. The van der Waals surface area contributed by atoms with E-state index in [9.17, 15) is 4.79 Å². The summed E-state index contributed by atoms with van der Waals surface area (Å²) in [5, 5.41) is 3.28. The van der Waals surface area contributed by atoms with E-state index in [1.54, 1.807) is 25.1 Å². The maximum atomic E-state index is 13.4. The van der Waals surface area contributed by atoms with Crippen LogP contribution in [0.15, 0.2) is 82.6 Å². The van der Waals surface area contributed by atoms with Gasteiger partial charge in [0.1, 0.15) is 11.5 Å². The molecule has 0 saturated heterocycles. The van der Waals surface area contributed by atoms with Crippen LogP contribution in [0.4, 0.5) is 0 Å². The van der Waals surface area contributed by atoms with Gasteiger partial charge in [0.25, 0.3) is 5.56 Å². The number of benzene rings is 3. The third-order valence-electron chi connectivity index (χ3n) is 6.08. The molecule has 3 aromatic carbocycles. The first-order chi connectivity index (χ1) is 16.2. The number of methoxy groups -OCH3 is 2. The summed E-state index contributed by atoms with van der Waals surface area (Å²) < 4.78 is 12.1. The van der Waals surface area contributed by atoms with Gasteiger partial charge in [-0.15, -0.1) is 0 Å². The number of aromatic amines is 1. The molecule has 1 N–H and O–H groups in total. The summed E-state index contributed by atoms with van der Waals surface area (Å²) in [5.41, 5.74) is 5.38. The van der Waals surface area contributed by atoms with Crippen LogP contribution in [0.5, 0.6) is 11.5 Å². The van der Waals surface area contributed by atoms with E-state index >= 15 is 0 Å². The van der Waals surface area contributed by atoms with Crippen molar-refractivity contribution in [3.63, 3.8) is 0 Å². The van der Waals surface area contributed by atoms with Gasteiger partial charge < -0.3 is 9.47 Å². The second-order valence-corrected chi connectivity index (χ2v) is 8.08. The highest BCUT2D eigenvalue weighted by molar-refractivity contribution is 5.89. The van der Waals surface area contributed by atoms with Gasteiger partial charge >= 0.3 is 0 Å². The van der Waals surface area contributed by atoms with Crippen molar-refractivity contribution in [3.05, 3.63) is 99.8 Å². The fraction of sp³-hybridized carbons (Fsp3) is 0.185. The van der Waals surface area contributed by atoms with Gasteiger partial charge in [-0.25, -0.2) is 4.68 Å². The van der Waals surface area contributed by atoms with Crippen molar-refractivity contribution in [1.29, 1.82) is 0 Å². The van der Waals surface area contributed by atoms with Crippen molar-refractivity contribution in [1.82, 2.24) is 9.78 Å². The van der Waals surface area contributed by atoms with E-state index < -0.39 is 0 Å². The number of nitrogens with one attached hydrogen (secondary N) is 1. The number of hydrogen-bond acceptors (Lipinski definition) is 4. The van der Waals surface area contributed by atoms with Crippen LogP contribution < -0.4 is 15.0 Å². The average molecular weight is 440 g/mol. The third-order valence-corrected chi connectivity index (χ3v) is 6.08. The summed E-state index contributed by atoms with van der Waals surface area (Å²) in [6.45, 7) is 0. The zero-order valence-corrected chi connectivity index (χ0v) is 18.6. The Morgan fingerprint density at radius 2 is 1.45 bits per heavy atom. The predicted molar refractivity (Wildman–Crippen MR) is 130 cm³/mol. The highest BCUT2D eigenvalue weighted by Crippen LogP contribution is 2.26. The van der Waals surface area contributed by atoms with Gasteiger partial charge in [0, 0.05) is 11.8 Å². The first-order valence-electron chi connectivity index (χ1n) is 10.9. The second-order valence-electron chi connectivity index (χ2n) is 8.08. The van der Waals surface area contributed by atoms with E-state index in [1.807, 2.05) is 48.5 Å². The summed E-state index contributed by atoms with van der Waals surface area (Å²) in [6, 6.07) is 23.6. The summed E-state index contributed by atoms with van der Waals surface area (Å²) in [6.07, 6.45) is 3.51. The summed E-state index contributed by atoms with van der Waals surface area (Å²) in [5.74, 6) is 1.49. The third kappa shape index (κ3) is 4.07. The molecular weight excluding hydrogens is 414 g/mol. The molecule has 4 aromatic rings. The molecule has 1 aliphatic carbocycles. The number of nitrogens with zero attached hydrogens (tertiary/aromatic N) is 2. The lowest BCUT2D eigenvalue weighted by molar-refractivity contribution is 0.414. The van der Waals surface area contributed by atoms with Gasteiger partial charge in [0.05, 0.1) is 37.2 Å². The van der Waals surface area contributed by atoms with Crippen molar-refractivity contribution in [2.24, 2.45) is 4.99 Å². The molecule has 0 aliphatic heterocycles. The Kier molecular flexibility index (Phi) is 5.57. The van der Waals surface area contributed by atoms with E-state index in [1.165, 1.54) is 11.1 Å². The molecule has 0 fully saturated rings. The van der Waals surface area contributed by atoms with Gasteiger partial charge in [-0.3, -0.25) is 14.9 Å². The standard InChI is InChI=1S/C27H25N3O3/c1-32-23-11-7-18(8-12-23)26-25(17-28-21-15-19-5-3-4-6-20(19)16-21)27(31)30(29-26)22-9-13-24(33-2)14-10-22/h3-14,17,21,29H,15-16H2,1-2H3. The van der Waals surface area contributed by atoms with Gasteiger partial charge in [-0.1, -0.05) is 24.3 Å². The molecule has 0 atom stereocenters. The Labute approximate surface area is 192 Å². The Bertz CT molecular complexity index is 1320. The molecule has 0 spiro atoms. The van der Waals surface area contributed by atoms with Gasteiger partial charge in [-0.05, 0) is 72.5 Å². The van der Waals surface area contributed by atoms with Gasteiger partial charge in [0.15, 0.2) is 0 Å². The van der Waals surface area contributed by atoms with Crippen molar-refractivity contribution in [3.8, 4) is 28.4 Å². The summed E-state index contributed by atoms with van der Waals surface area (Å²) in [4.78, 5) is 18.3. The van der Waals surface area contributed by atoms with Crippen molar-refractivity contribution < 1.29 is 9.47 Å². The highest BCUT2D eigenvalue weighted by atomic mass is 16.5. The SMILES string of the molecule is COc1ccc(-c2[nH]n(-c3ccc(OC)cc3)c(=O)c2C=NC2Cc3ccccc3C2)cc1. The molecule has 33 heavy (non-hydrogen) atoms. The molecule has 0 radical (unpaired) electrons. The van der Waals surface area contributed by atoms with E-state index in [-0.39, 0.29) is 11.6 Å². The molecule has 0 bridgehead atoms. The maximum Gasteiger partial charge on any atom is 0.280 e. The number of H-pyrrole nitrogens is 1.